The van der Waals surface area contributed by atoms with E-state index in [0.29, 0.717) is 31.7 Å². The van der Waals surface area contributed by atoms with Gasteiger partial charge in [0.15, 0.2) is 0 Å². The van der Waals surface area contributed by atoms with Gasteiger partial charge >= 0.3 is 0 Å². The number of anilines is 1. The molecule has 1 aliphatic heterocycles. The van der Waals surface area contributed by atoms with Crippen molar-refractivity contribution in [3.63, 3.8) is 0 Å². The minimum Gasteiger partial charge on any atom is -0.495 e. The number of rotatable bonds is 4. The molecule has 0 bridgehead atoms. The lowest BCUT2D eigenvalue weighted by atomic mass is 9.95. The average Bonchev–Trinajstić information content (AvgIpc) is 3.01. The molecular formula is C15H18ClN3O4S. The molecule has 1 aromatic carbocycles. The molecule has 3 rings (SSSR count). The van der Waals surface area contributed by atoms with Crippen LogP contribution in [-0.4, -0.2) is 38.1 Å². The molecule has 1 fully saturated rings. The zero-order valence-corrected chi connectivity index (χ0v) is 14.7. The van der Waals surface area contributed by atoms with Crippen molar-refractivity contribution in [2.24, 2.45) is 0 Å². The summed E-state index contributed by atoms with van der Waals surface area (Å²) in [5.41, 5.74) is 6.31. The molecule has 0 amide bonds. The van der Waals surface area contributed by atoms with Crippen LogP contribution < -0.4 is 10.5 Å². The lowest BCUT2D eigenvalue weighted by Crippen LogP contribution is -2.37. The Kier molecular flexibility index (Phi) is 4.71. The molecule has 1 aliphatic rings. The summed E-state index contributed by atoms with van der Waals surface area (Å²) in [7, 11) is -2.10. The second-order valence-corrected chi connectivity index (χ2v) is 7.97. The molecule has 9 heteroatoms. The fourth-order valence-corrected chi connectivity index (χ4v) is 4.66. The summed E-state index contributed by atoms with van der Waals surface area (Å²) in [6, 6.07) is 6.17. The first-order valence-electron chi connectivity index (χ1n) is 7.47. The van der Waals surface area contributed by atoms with Gasteiger partial charge in [-0.1, -0.05) is 16.8 Å². The van der Waals surface area contributed by atoms with Crippen molar-refractivity contribution in [2.75, 3.05) is 25.9 Å². The van der Waals surface area contributed by atoms with Crippen LogP contribution in [0.25, 0.3) is 0 Å². The van der Waals surface area contributed by atoms with Gasteiger partial charge in [-0.25, -0.2) is 8.42 Å². The number of hydrogen-bond acceptors (Lipinski definition) is 6. The van der Waals surface area contributed by atoms with E-state index in [4.69, 9.17) is 26.6 Å². The summed E-state index contributed by atoms with van der Waals surface area (Å²) in [5, 5.41) is 4.19. The molecule has 2 aromatic rings. The molecule has 0 atom stereocenters. The number of aromatic nitrogens is 1. The van der Waals surface area contributed by atoms with Crippen molar-refractivity contribution in [2.45, 2.75) is 23.7 Å². The van der Waals surface area contributed by atoms with Crippen LogP contribution in [0, 0.1) is 0 Å². The van der Waals surface area contributed by atoms with E-state index < -0.39 is 10.0 Å². The lowest BCUT2D eigenvalue weighted by Gasteiger charge is -2.30. The summed E-state index contributed by atoms with van der Waals surface area (Å²) in [4.78, 5) is 0.164. The van der Waals surface area contributed by atoms with E-state index >= 15 is 0 Å². The molecule has 130 valence electrons. The number of halogens is 1. The largest absolute Gasteiger partial charge is 0.495 e. The number of sulfonamides is 1. The van der Waals surface area contributed by atoms with E-state index in [9.17, 15) is 8.42 Å². The maximum atomic E-state index is 12.8. The minimum atomic E-state index is -3.59. The molecule has 0 unspecified atom stereocenters. The molecule has 0 radical (unpaired) electrons. The maximum absolute atomic E-state index is 12.8. The number of benzene rings is 1. The van der Waals surface area contributed by atoms with Crippen molar-refractivity contribution >= 4 is 27.5 Å². The van der Waals surface area contributed by atoms with E-state index in [1.807, 2.05) is 0 Å². The van der Waals surface area contributed by atoms with Crippen LogP contribution in [0.2, 0.25) is 5.02 Å². The highest BCUT2D eigenvalue weighted by Crippen LogP contribution is 2.33. The van der Waals surface area contributed by atoms with Crippen LogP contribution in [0.1, 0.15) is 24.5 Å². The third-order valence-corrected chi connectivity index (χ3v) is 6.37. The second-order valence-electron chi connectivity index (χ2n) is 5.63. The summed E-state index contributed by atoms with van der Waals surface area (Å²) in [6.07, 6.45) is 1.32. The summed E-state index contributed by atoms with van der Waals surface area (Å²) < 4.78 is 36.9. The number of nitrogen functional groups attached to an aromatic ring is 1. The Morgan fingerprint density at radius 2 is 2.04 bits per heavy atom. The first-order valence-corrected chi connectivity index (χ1v) is 9.29. The fraction of sp³-hybridized carbons (Fsp3) is 0.400. The fourth-order valence-electron chi connectivity index (χ4n) is 2.84. The Balaban J connectivity index is 1.74. The SMILES string of the molecule is COc1ccc(S(=O)(=O)N2CCC(c3cc(N)on3)CC2)cc1Cl. The lowest BCUT2D eigenvalue weighted by molar-refractivity contribution is 0.309. The Hall–Kier alpha value is -1.77. The number of nitrogens with two attached hydrogens (primary N) is 1. The van der Waals surface area contributed by atoms with Gasteiger partial charge in [-0.05, 0) is 31.0 Å². The van der Waals surface area contributed by atoms with Gasteiger partial charge in [0.1, 0.15) is 5.75 Å². The van der Waals surface area contributed by atoms with Crippen molar-refractivity contribution in [1.29, 1.82) is 0 Å². The van der Waals surface area contributed by atoms with Gasteiger partial charge in [-0.3, -0.25) is 0 Å². The number of hydrogen-bond donors (Lipinski definition) is 1. The number of nitrogens with zero attached hydrogens (tertiary/aromatic N) is 2. The van der Waals surface area contributed by atoms with Crippen LogP contribution >= 0.6 is 11.6 Å². The number of piperidine rings is 1. The van der Waals surface area contributed by atoms with Crippen molar-refractivity contribution in [1.82, 2.24) is 9.46 Å². The topological polar surface area (TPSA) is 98.7 Å². The quantitative estimate of drug-likeness (QED) is 0.886. The van der Waals surface area contributed by atoms with Gasteiger partial charge in [0.2, 0.25) is 15.9 Å². The average molecular weight is 372 g/mol. The van der Waals surface area contributed by atoms with E-state index in [2.05, 4.69) is 5.16 Å². The predicted octanol–water partition coefficient (Wildman–Crippen LogP) is 2.49. The third-order valence-electron chi connectivity index (χ3n) is 4.18. The van der Waals surface area contributed by atoms with Gasteiger partial charge < -0.3 is 15.0 Å². The highest BCUT2D eigenvalue weighted by molar-refractivity contribution is 7.89. The molecule has 2 heterocycles. The molecular weight excluding hydrogens is 354 g/mol. The second kappa shape index (κ2) is 6.62. The van der Waals surface area contributed by atoms with E-state index in [1.165, 1.54) is 23.5 Å². The number of methoxy groups -OCH3 is 1. The van der Waals surface area contributed by atoms with Crippen molar-refractivity contribution in [3.8, 4) is 5.75 Å². The maximum Gasteiger partial charge on any atom is 0.243 e. The first kappa shape index (κ1) is 17.1. The first-order chi connectivity index (χ1) is 11.4. The van der Waals surface area contributed by atoms with Crippen molar-refractivity contribution < 1.29 is 17.7 Å². The van der Waals surface area contributed by atoms with Gasteiger partial charge in [-0.2, -0.15) is 4.31 Å². The molecule has 7 nitrogen and oxygen atoms in total. The zero-order chi connectivity index (χ0) is 17.3. The monoisotopic (exact) mass is 371 g/mol. The highest BCUT2D eigenvalue weighted by atomic mass is 35.5. The van der Waals surface area contributed by atoms with E-state index in [-0.39, 0.29) is 21.7 Å². The number of ether oxygens (including phenoxy) is 1. The van der Waals surface area contributed by atoms with Gasteiger partial charge in [0, 0.05) is 25.1 Å². The smallest absolute Gasteiger partial charge is 0.243 e. The Morgan fingerprint density at radius 1 is 1.33 bits per heavy atom. The summed E-state index contributed by atoms with van der Waals surface area (Å²) >= 11 is 6.04. The summed E-state index contributed by atoms with van der Waals surface area (Å²) in [5.74, 6) is 0.864. The summed E-state index contributed by atoms with van der Waals surface area (Å²) in [6.45, 7) is 0.812. The molecule has 2 N–H and O–H groups in total. The van der Waals surface area contributed by atoms with Gasteiger partial charge in [0.25, 0.3) is 0 Å². The normalized spacial score (nSPS) is 17.1. The van der Waals surface area contributed by atoms with E-state index in [0.717, 1.165) is 5.69 Å². The Labute approximate surface area is 145 Å². The standard InChI is InChI=1S/C15H18ClN3O4S/c1-22-14-3-2-11(8-12(14)16)24(20,21)19-6-4-10(5-7-19)13-9-15(17)23-18-13/h2-3,8-10H,4-7,17H2,1H3. The van der Waals surface area contributed by atoms with E-state index in [1.54, 1.807) is 12.1 Å². The Morgan fingerprint density at radius 3 is 2.58 bits per heavy atom. The minimum absolute atomic E-state index is 0.150. The van der Waals surface area contributed by atoms with Crippen LogP contribution in [-0.2, 0) is 10.0 Å². The van der Waals surface area contributed by atoms with Crippen molar-refractivity contribution in [3.05, 3.63) is 35.0 Å². The molecule has 1 aromatic heterocycles. The van der Waals surface area contributed by atoms with Gasteiger partial charge in [0.05, 0.1) is 22.7 Å². The van der Waals surface area contributed by atoms with Crippen LogP contribution in [0.3, 0.4) is 0 Å². The molecule has 0 aliphatic carbocycles. The third kappa shape index (κ3) is 3.22. The van der Waals surface area contributed by atoms with Crippen LogP contribution in [0.15, 0.2) is 33.7 Å². The van der Waals surface area contributed by atoms with Crippen LogP contribution in [0.5, 0.6) is 5.75 Å². The molecule has 0 spiro atoms. The zero-order valence-electron chi connectivity index (χ0n) is 13.1. The van der Waals surface area contributed by atoms with Gasteiger partial charge in [-0.15, -0.1) is 0 Å². The van der Waals surface area contributed by atoms with Crippen LogP contribution in [0.4, 0.5) is 5.88 Å². The molecule has 1 saturated heterocycles. The Bertz CT molecular complexity index is 829. The molecule has 0 saturated carbocycles. The molecule has 24 heavy (non-hydrogen) atoms. The predicted molar refractivity (Wildman–Crippen MR) is 89.7 cm³/mol. The highest BCUT2D eigenvalue weighted by Gasteiger charge is 2.31.